The lowest BCUT2D eigenvalue weighted by Crippen LogP contribution is -2.56. The van der Waals surface area contributed by atoms with Crippen LogP contribution < -0.4 is 15.1 Å². The lowest BCUT2D eigenvalue weighted by Gasteiger charge is -2.45. The number of halogens is 1. The number of benzene rings is 2. The summed E-state index contributed by atoms with van der Waals surface area (Å²) in [6.45, 7) is 3.66. The summed E-state index contributed by atoms with van der Waals surface area (Å²) in [6, 6.07) is 16.4. The Balaban J connectivity index is 1.21. The van der Waals surface area contributed by atoms with Crippen LogP contribution in [0.3, 0.4) is 0 Å². The first-order chi connectivity index (χ1) is 19.3. The van der Waals surface area contributed by atoms with Crippen LogP contribution in [0.5, 0.6) is 0 Å². The van der Waals surface area contributed by atoms with Gasteiger partial charge in [0.15, 0.2) is 11.6 Å². The lowest BCUT2D eigenvalue weighted by molar-refractivity contribution is -0.112. The topological polar surface area (TPSA) is 100 Å². The molecule has 2 aliphatic rings. The van der Waals surface area contributed by atoms with Gasteiger partial charge in [0.25, 0.3) is 11.7 Å². The van der Waals surface area contributed by atoms with Gasteiger partial charge in [0.05, 0.1) is 18.4 Å². The number of piperazine rings is 1. The zero-order valence-electron chi connectivity index (χ0n) is 22.1. The molecular formula is C30H27FN6O3. The van der Waals surface area contributed by atoms with Gasteiger partial charge in [-0.15, -0.1) is 0 Å². The van der Waals surface area contributed by atoms with Gasteiger partial charge in [0, 0.05) is 61.3 Å². The number of nitrogens with one attached hydrogen (secondary N) is 1. The second kappa shape index (κ2) is 10.0. The summed E-state index contributed by atoms with van der Waals surface area (Å²) >= 11 is 0. The van der Waals surface area contributed by atoms with Crippen molar-refractivity contribution in [1.29, 1.82) is 0 Å². The smallest absolute Gasteiger partial charge is 0.298 e. The number of aromatic nitrogens is 3. The second-order valence-electron chi connectivity index (χ2n) is 10.1. The maximum Gasteiger partial charge on any atom is 0.298 e. The third kappa shape index (κ3) is 4.51. The van der Waals surface area contributed by atoms with Gasteiger partial charge in [-0.2, -0.15) is 0 Å². The van der Waals surface area contributed by atoms with E-state index in [1.165, 1.54) is 0 Å². The summed E-state index contributed by atoms with van der Waals surface area (Å²) < 4.78 is 15.0. The van der Waals surface area contributed by atoms with Gasteiger partial charge in [-0.05, 0) is 36.8 Å². The molecule has 1 saturated heterocycles. The number of hydrogen-bond donors (Lipinski definition) is 1. The number of amides is 1. The average Bonchev–Trinajstić information content (AvgIpc) is 3.27. The second-order valence-corrected chi connectivity index (χ2v) is 10.1. The van der Waals surface area contributed by atoms with E-state index in [9.17, 15) is 18.8 Å². The van der Waals surface area contributed by atoms with Crippen molar-refractivity contribution in [3.63, 3.8) is 0 Å². The number of carbonyl (C=O) groups excluding carboxylic acids is 3. The molecule has 1 amide bonds. The Morgan fingerprint density at radius 3 is 2.50 bits per heavy atom. The maximum absolute atomic E-state index is 13.3. The predicted molar refractivity (Wildman–Crippen MR) is 149 cm³/mol. The summed E-state index contributed by atoms with van der Waals surface area (Å²) in [5.41, 5.74) is 4.38. The van der Waals surface area contributed by atoms with Crippen molar-refractivity contribution in [2.75, 3.05) is 34.8 Å². The van der Waals surface area contributed by atoms with Crippen molar-refractivity contribution in [3.05, 3.63) is 89.8 Å². The van der Waals surface area contributed by atoms with Gasteiger partial charge < -0.3 is 19.7 Å². The number of aryl methyl sites for hydroxylation is 1. The van der Waals surface area contributed by atoms with Crippen LogP contribution in [0.2, 0.25) is 0 Å². The molecule has 2 aromatic heterocycles. The van der Waals surface area contributed by atoms with Crippen LogP contribution in [-0.2, 0) is 11.8 Å². The first kappa shape index (κ1) is 25.4. The molecule has 4 heterocycles. The van der Waals surface area contributed by atoms with Crippen LogP contribution in [0.1, 0.15) is 33.0 Å². The molecule has 2 aliphatic heterocycles. The molecular weight excluding hydrogens is 511 g/mol. The summed E-state index contributed by atoms with van der Waals surface area (Å²) in [7, 11) is 1.76. The van der Waals surface area contributed by atoms with E-state index in [-0.39, 0.29) is 18.2 Å². The molecule has 10 heteroatoms. The number of fused-ring (bicyclic) bond motifs is 3. The van der Waals surface area contributed by atoms with Gasteiger partial charge in [-0.3, -0.25) is 14.4 Å². The van der Waals surface area contributed by atoms with Gasteiger partial charge in [0.1, 0.15) is 5.69 Å². The quantitative estimate of drug-likeness (QED) is 0.303. The van der Waals surface area contributed by atoms with Crippen molar-refractivity contribution >= 4 is 34.8 Å². The Morgan fingerprint density at radius 2 is 1.75 bits per heavy atom. The molecule has 1 unspecified atom stereocenters. The maximum atomic E-state index is 13.3. The zero-order valence-corrected chi connectivity index (χ0v) is 22.1. The summed E-state index contributed by atoms with van der Waals surface area (Å²) in [6.07, 6.45) is 2.56. The minimum Gasteiger partial charge on any atom is -0.364 e. The predicted octanol–water partition coefficient (Wildman–Crippen LogP) is 4.03. The molecule has 9 nitrogen and oxygen atoms in total. The Morgan fingerprint density at radius 1 is 1.00 bits per heavy atom. The fourth-order valence-electron chi connectivity index (χ4n) is 5.55. The number of hydrogen-bond acceptors (Lipinski definition) is 7. The average molecular weight is 539 g/mol. The molecule has 202 valence electrons. The van der Waals surface area contributed by atoms with Crippen molar-refractivity contribution in [2.24, 2.45) is 7.05 Å². The highest BCUT2D eigenvalue weighted by molar-refractivity contribution is 6.47. The molecule has 6 rings (SSSR count). The molecule has 4 aromatic rings. The van der Waals surface area contributed by atoms with E-state index in [4.69, 9.17) is 0 Å². The molecule has 1 fully saturated rings. The van der Waals surface area contributed by atoms with Crippen LogP contribution in [0.15, 0.2) is 67.0 Å². The van der Waals surface area contributed by atoms with Crippen molar-refractivity contribution in [3.8, 4) is 11.1 Å². The fraction of sp³-hybridized carbons (Fsp3) is 0.233. The van der Waals surface area contributed by atoms with E-state index in [1.54, 1.807) is 23.7 Å². The van der Waals surface area contributed by atoms with Crippen LogP contribution in [-0.4, -0.2) is 57.7 Å². The molecule has 1 N–H and O–H groups in total. The van der Waals surface area contributed by atoms with E-state index in [1.807, 2.05) is 54.3 Å². The number of ketones is 2. The van der Waals surface area contributed by atoms with Crippen molar-refractivity contribution < 1.29 is 18.8 Å². The first-order valence-corrected chi connectivity index (χ1v) is 13.0. The number of carbonyl (C=O) groups is 3. The Bertz CT molecular complexity index is 1630. The molecule has 40 heavy (non-hydrogen) atoms. The van der Waals surface area contributed by atoms with Crippen LogP contribution in [0, 0.1) is 12.7 Å². The number of nitrogens with zero attached hydrogens (tertiary/aromatic N) is 5. The highest BCUT2D eigenvalue weighted by atomic mass is 19.1. The summed E-state index contributed by atoms with van der Waals surface area (Å²) in [4.78, 5) is 51.9. The van der Waals surface area contributed by atoms with E-state index in [0.717, 1.165) is 29.3 Å². The normalized spacial score (nSPS) is 16.4. The number of anilines is 3. The zero-order chi connectivity index (χ0) is 28.0. The third-order valence-electron chi connectivity index (χ3n) is 7.64. The minimum absolute atomic E-state index is 0.0510. The Hall–Kier alpha value is -4.86. The van der Waals surface area contributed by atoms with E-state index in [0.29, 0.717) is 48.1 Å². The summed E-state index contributed by atoms with van der Waals surface area (Å²) in [5, 5.41) is 2.70. The monoisotopic (exact) mass is 538 g/mol. The van der Waals surface area contributed by atoms with Crippen LogP contribution in [0.4, 0.5) is 21.7 Å². The largest absolute Gasteiger partial charge is 0.364 e. The van der Waals surface area contributed by atoms with Gasteiger partial charge >= 0.3 is 0 Å². The van der Waals surface area contributed by atoms with Crippen molar-refractivity contribution in [2.45, 2.75) is 19.4 Å². The number of Topliss-reactive ketones (excluding diaryl/α,β-unsaturated/α-hetero) is 2. The molecule has 2 aromatic carbocycles. The lowest BCUT2D eigenvalue weighted by atomic mass is 9.92. The Labute approximate surface area is 230 Å². The molecule has 0 aliphatic carbocycles. The molecule has 0 saturated carbocycles. The van der Waals surface area contributed by atoms with E-state index in [2.05, 4.69) is 20.2 Å². The van der Waals surface area contributed by atoms with Gasteiger partial charge in [-0.1, -0.05) is 30.3 Å². The number of rotatable bonds is 5. The van der Waals surface area contributed by atoms with Crippen LogP contribution >= 0.6 is 0 Å². The SMILES string of the molecule is Cc1cc(-c2ccccc2)c(C(=O)C(=O)Nc2ccc3c(c2)C(=O)CC2CN(c4ncc(F)cn4)CCN32)n1C. The van der Waals surface area contributed by atoms with Crippen molar-refractivity contribution in [1.82, 2.24) is 14.5 Å². The Kier molecular flexibility index (Phi) is 6.37. The highest BCUT2D eigenvalue weighted by Crippen LogP contribution is 2.35. The highest BCUT2D eigenvalue weighted by Gasteiger charge is 2.36. The molecule has 1 atom stereocenters. The standard InChI is InChI=1S/C30H27FN6O3/c1-18-12-23(19-6-4-3-5-7-19)27(35(18)2)28(39)29(40)34-21-8-9-25-24(13-21)26(38)14-22-17-36(10-11-37(22)25)30-32-15-20(31)16-33-30/h3-9,12-13,15-16,22H,10-11,14,17H2,1-2H3,(H,34,40). The van der Waals surface area contributed by atoms with Gasteiger partial charge in [0.2, 0.25) is 5.95 Å². The molecule has 0 radical (unpaired) electrons. The molecule has 0 bridgehead atoms. The third-order valence-corrected chi connectivity index (χ3v) is 7.64. The van der Waals surface area contributed by atoms with E-state index < -0.39 is 17.5 Å². The minimum atomic E-state index is -0.771. The van der Waals surface area contributed by atoms with Crippen LogP contribution in [0.25, 0.3) is 11.1 Å². The van der Waals surface area contributed by atoms with E-state index >= 15 is 0 Å². The fourth-order valence-corrected chi connectivity index (χ4v) is 5.55. The molecule has 0 spiro atoms. The van der Waals surface area contributed by atoms with Gasteiger partial charge in [-0.25, -0.2) is 14.4 Å². The summed E-state index contributed by atoms with van der Waals surface area (Å²) in [5.74, 6) is -1.54. The first-order valence-electron chi connectivity index (χ1n) is 13.0.